The zero-order valence-electron chi connectivity index (χ0n) is 12.4. The maximum Gasteiger partial charge on any atom is 0.330 e. The Kier molecular flexibility index (Phi) is 4.77. The predicted octanol–water partition coefficient (Wildman–Crippen LogP) is 3.94. The highest BCUT2D eigenvalue weighted by Gasteiger charge is 2.02. The van der Waals surface area contributed by atoms with Gasteiger partial charge in [0, 0.05) is 6.08 Å². The third kappa shape index (κ3) is 3.72. The highest BCUT2D eigenvalue weighted by molar-refractivity contribution is 5.91. The second-order valence-corrected chi connectivity index (χ2v) is 4.66. The third-order valence-electron chi connectivity index (χ3n) is 3.30. The first-order chi connectivity index (χ1) is 10.1. The molecule has 0 aliphatic heterocycles. The molecule has 0 fully saturated rings. The lowest BCUT2D eigenvalue weighted by Gasteiger charge is -2.06. The van der Waals surface area contributed by atoms with Crippen LogP contribution in [0.4, 0.5) is 0 Å². The fourth-order valence-corrected chi connectivity index (χ4v) is 2.03. The van der Waals surface area contributed by atoms with Gasteiger partial charge in [-0.15, -0.1) is 0 Å². The maximum absolute atomic E-state index is 11.2. The van der Waals surface area contributed by atoms with Gasteiger partial charge in [-0.05, 0) is 41.3 Å². The molecule has 0 heterocycles. The van der Waals surface area contributed by atoms with Crippen molar-refractivity contribution < 1.29 is 14.3 Å². The molecular formula is C18H18O3. The summed E-state index contributed by atoms with van der Waals surface area (Å²) in [6.45, 7) is 1.89. The molecular weight excluding hydrogens is 264 g/mol. The van der Waals surface area contributed by atoms with Crippen LogP contribution in [0.3, 0.4) is 0 Å². The predicted molar refractivity (Wildman–Crippen MR) is 84.1 cm³/mol. The van der Waals surface area contributed by atoms with Gasteiger partial charge in [0.05, 0.1) is 14.2 Å². The summed E-state index contributed by atoms with van der Waals surface area (Å²) in [4.78, 5) is 11.2. The highest BCUT2D eigenvalue weighted by Crippen LogP contribution is 2.24. The lowest BCUT2D eigenvalue weighted by molar-refractivity contribution is -0.134. The average Bonchev–Trinajstić information content (AvgIpc) is 2.55. The Balaban J connectivity index is 2.22. The van der Waals surface area contributed by atoms with Gasteiger partial charge >= 0.3 is 5.97 Å². The van der Waals surface area contributed by atoms with Crippen LogP contribution in [0.1, 0.15) is 12.5 Å². The van der Waals surface area contributed by atoms with Gasteiger partial charge < -0.3 is 9.47 Å². The van der Waals surface area contributed by atoms with E-state index in [4.69, 9.17) is 4.74 Å². The van der Waals surface area contributed by atoms with Crippen LogP contribution in [0.25, 0.3) is 16.7 Å². The lowest BCUT2D eigenvalue weighted by Crippen LogP contribution is -1.95. The number of hydrogen-bond donors (Lipinski definition) is 0. The monoisotopic (exact) mass is 282 g/mol. The van der Waals surface area contributed by atoms with Crippen LogP contribution in [-0.2, 0) is 9.53 Å². The molecule has 0 spiro atoms. The zero-order valence-corrected chi connectivity index (χ0v) is 12.4. The molecule has 0 aliphatic rings. The molecule has 0 amide bonds. The van der Waals surface area contributed by atoms with Gasteiger partial charge in [0.25, 0.3) is 0 Å². The fraction of sp³-hybridized carbons (Fsp3) is 0.167. The Morgan fingerprint density at radius 3 is 1.90 bits per heavy atom. The van der Waals surface area contributed by atoms with Crippen LogP contribution < -0.4 is 4.74 Å². The average molecular weight is 282 g/mol. The Hall–Kier alpha value is -2.55. The van der Waals surface area contributed by atoms with Gasteiger partial charge in [-0.3, -0.25) is 0 Å². The SMILES string of the molecule is COC(=O)/C=C(\C)c1ccc(-c2ccc(OC)cc2)cc1. The molecule has 3 heteroatoms. The molecule has 0 radical (unpaired) electrons. The largest absolute Gasteiger partial charge is 0.497 e. The third-order valence-corrected chi connectivity index (χ3v) is 3.30. The van der Waals surface area contributed by atoms with Crippen LogP contribution in [0, 0.1) is 0 Å². The van der Waals surface area contributed by atoms with E-state index in [1.807, 2.05) is 55.5 Å². The van der Waals surface area contributed by atoms with E-state index in [-0.39, 0.29) is 5.97 Å². The fourth-order valence-electron chi connectivity index (χ4n) is 2.03. The van der Waals surface area contributed by atoms with Crippen molar-refractivity contribution in [1.29, 1.82) is 0 Å². The quantitative estimate of drug-likeness (QED) is 0.629. The molecule has 0 N–H and O–H groups in total. The summed E-state index contributed by atoms with van der Waals surface area (Å²) in [5.74, 6) is 0.499. The molecule has 0 saturated carbocycles. The number of rotatable bonds is 4. The molecule has 0 aromatic heterocycles. The molecule has 0 atom stereocenters. The first-order valence-electron chi connectivity index (χ1n) is 6.65. The minimum atomic E-state index is -0.341. The summed E-state index contributed by atoms with van der Waals surface area (Å²) in [6, 6.07) is 16.0. The summed E-state index contributed by atoms with van der Waals surface area (Å²) in [6.07, 6.45) is 1.49. The van der Waals surface area contributed by atoms with Crippen molar-refractivity contribution in [1.82, 2.24) is 0 Å². The Morgan fingerprint density at radius 1 is 0.905 bits per heavy atom. The second-order valence-electron chi connectivity index (χ2n) is 4.66. The first-order valence-corrected chi connectivity index (χ1v) is 6.65. The minimum Gasteiger partial charge on any atom is -0.497 e. The van der Waals surface area contributed by atoms with Crippen molar-refractivity contribution in [3.05, 3.63) is 60.2 Å². The molecule has 2 aromatic rings. The van der Waals surface area contributed by atoms with Crippen molar-refractivity contribution in [3.63, 3.8) is 0 Å². The lowest BCUT2D eigenvalue weighted by atomic mass is 10.0. The second kappa shape index (κ2) is 6.75. The van der Waals surface area contributed by atoms with Gasteiger partial charge in [-0.25, -0.2) is 4.79 Å². The number of carbonyl (C=O) groups is 1. The highest BCUT2D eigenvalue weighted by atomic mass is 16.5. The molecule has 0 bridgehead atoms. The van der Waals surface area contributed by atoms with Crippen LogP contribution >= 0.6 is 0 Å². The van der Waals surface area contributed by atoms with Gasteiger partial charge in [-0.2, -0.15) is 0 Å². The van der Waals surface area contributed by atoms with E-state index in [0.717, 1.165) is 28.0 Å². The van der Waals surface area contributed by atoms with E-state index in [0.29, 0.717) is 0 Å². The number of carbonyl (C=O) groups excluding carboxylic acids is 1. The van der Waals surface area contributed by atoms with Crippen LogP contribution in [0.2, 0.25) is 0 Å². The van der Waals surface area contributed by atoms with Crippen LogP contribution in [0.15, 0.2) is 54.6 Å². The zero-order chi connectivity index (χ0) is 15.2. The summed E-state index contributed by atoms with van der Waals surface area (Å²) in [5.41, 5.74) is 4.12. The topological polar surface area (TPSA) is 35.5 Å². The van der Waals surface area contributed by atoms with Gasteiger partial charge in [-0.1, -0.05) is 36.4 Å². The van der Waals surface area contributed by atoms with E-state index in [1.54, 1.807) is 7.11 Å². The summed E-state index contributed by atoms with van der Waals surface area (Å²) in [5, 5.41) is 0. The summed E-state index contributed by atoms with van der Waals surface area (Å²) < 4.78 is 9.78. The number of hydrogen-bond acceptors (Lipinski definition) is 3. The standard InChI is InChI=1S/C18H18O3/c1-13(12-18(19)21-3)14-4-6-15(7-5-14)16-8-10-17(20-2)11-9-16/h4-12H,1-3H3/b13-12+. The Labute approximate surface area is 124 Å². The van der Waals surface area contributed by atoms with E-state index in [1.165, 1.54) is 13.2 Å². The van der Waals surface area contributed by atoms with Gasteiger partial charge in [0.2, 0.25) is 0 Å². The number of esters is 1. The Morgan fingerprint density at radius 2 is 1.43 bits per heavy atom. The summed E-state index contributed by atoms with van der Waals surface area (Å²) >= 11 is 0. The molecule has 0 saturated heterocycles. The van der Waals surface area contributed by atoms with E-state index >= 15 is 0 Å². The number of benzene rings is 2. The normalized spacial score (nSPS) is 11.1. The number of methoxy groups -OCH3 is 2. The molecule has 108 valence electrons. The number of ether oxygens (including phenoxy) is 2. The van der Waals surface area contributed by atoms with Crippen molar-refractivity contribution >= 4 is 11.5 Å². The smallest absolute Gasteiger partial charge is 0.330 e. The van der Waals surface area contributed by atoms with Crippen LogP contribution in [0.5, 0.6) is 5.75 Å². The summed E-state index contributed by atoms with van der Waals surface area (Å²) in [7, 11) is 3.03. The molecule has 2 rings (SSSR count). The molecule has 3 nitrogen and oxygen atoms in total. The van der Waals surface area contributed by atoms with Crippen LogP contribution in [-0.4, -0.2) is 20.2 Å². The van der Waals surface area contributed by atoms with E-state index < -0.39 is 0 Å². The van der Waals surface area contributed by atoms with Crippen molar-refractivity contribution in [2.24, 2.45) is 0 Å². The maximum atomic E-state index is 11.2. The van der Waals surface area contributed by atoms with E-state index in [9.17, 15) is 4.79 Å². The van der Waals surface area contributed by atoms with Crippen molar-refractivity contribution in [3.8, 4) is 16.9 Å². The van der Waals surface area contributed by atoms with Gasteiger partial charge in [0.1, 0.15) is 5.75 Å². The van der Waals surface area contributed by atoms with E-state index in [2.05, 4.69) is 4.74 Å². The first kappa shape index (κ1) is 14.9. The van der Waals surface area contributed by atoms with Crippen molar-refractivity contribution in [2.75, 3.05) is 14.2 Å². The molecule has 0 unspecified atom stereocenters. The molecule has 21 heavy (non-hydrogen) atoms. The Bertz CT molecular complexity index is 637. The molecule has 0 aliphatic carbocycles. The number of allylic oxidation sites excluding steroid dienone is 1. The van der Waals surface area contributed by atoms with Gasteiger partial charge in [0.15, 0.2) is 0 Å². The molecule has 2 aromatic carbocycles. The van der Waals surface area contributed by atoms with Crippen molar-refractivity contribution in [2.45, 2.75) is 6.92 Å². The minimum absolute atomic E-state index is 0.341.